The van der Waals surface area contributed by atoms with Crippen molar-refractivity contribution < 1.29 is 4.74 Å². The van der Waals surface area contributed by atoms with Gasteiger partial charge in [0.25, 0.3) is 0 Å². The van der Waals surface area contributed by atoms with E-state index in [0.717, 1.165) is 22.7 Å². The molecule has 0 aromatic heterocycles. The van der Waals surface area contributed by atoms with Crippen LogP contribution in [0.3, 0.4) is 0 Å². The molecule has 0 unspecified atom stereocenters. The van der Waals surface area contributed by atoms with E-state index in [1.807, 2.05) is 6.07 Å². The minimum absolute atomic E-state index is 0.852. The van der Waals surface area contributed by atoms with Crippen molar-refractivity contribution >= 4 is 21.6 Å². The maximum absolute atomic E-state index is 5.22. The number of rotatable bonds is 4. The minimum atomic E-state index is 0.852. The molecule has 0 bridgehead atoms. The zero-order chi connectivity index (χ0) is 12.1. The van der Waals surface area contributed by atoms with Gasteiger partial charge in [0.1, 0.15) is 5.75 Å². The van der Waals surface area contributed by atoms with Gasteiger partial charge in [0.15, 0.2) is 0 Å². The van der Waals surface area contributed by atoms with Gasteiger partial charge in [-0.25, -0.2) is 0 Å². The Morgan fingerprint density at radius 2 is 2.06 bits per heavy atom. The molecule has 0 aliphatic heterocycles. The fourth-order valence-electron chi connectivity index (χ4n) is 2.43. The standard InChI is InChI=1S/C14H20BrNO/c1-17-14-8-7-12(9-13(14)15)16-10-11-5-3-2-4-6-11/h7-9,11,16H,2-6,10H2,1H3. The monoisotopic (exact) mass is 297 g/mol. The Morgan fingerprint density at radius 3 is 2.71 bits per heavy atom. The SMILES string of the molecule is COc1ccc(NCC2CCCCC2)cc1Br. The quantitative estimate of drug-likeness (QED) is 0.886. The van der Waals surface area contributed by atoms with E-state index in [1.54, 1.807) is 7.11 Å². The van der Waals surface area contributed by atoms with E-state index in [0.29, 0.717) is 0 Å². The van der Waals surface area contributed by atoms with Gasteiger partial charge in [-0.1, -0.05) is 19.3 Å². The molecular formula is C14H20BrNO. The van der Waals surface area contributed by atoms with Gasteiger partial charge in [-0.3, -0.25) is 0 Å². The normalized spacial score (nSPS) is 16.8. The number of hydrogen-bond acceptors (Lipinski definition) is 2. The van der Waals surface area contributed by atoms with E-state index in [9.17, 15) is 0 Å². The van der Waals surface area contributed by atoms with Crippen LogP contribution >= 0.6 is 15.9 Å². The number of ether oxygens (including phenoxy) is 1. The predicted octanol–water partition coefficient (Wildman–Crippen LogP) is 4.45. The van der Waals surface area contributed by atoms with E-state index in [2.05, 4.69) is 33.4 Å². The fraction of sp³-hybridized carbons (Fsp3) is 0.571. The van der Waals surface area contributed by atoms with Crippen LogP contribution in [-0.2, 0) is 0 Å². The van der Waals surface area contributed by atoms with Crippen molar-refractivity contribution in [3.63, 3.8) is 0 Å². The molecule has 0 radical (unpaired) electrons. The van der Waals surface area contributed by atoms with Gasteiger partial charge < -0.3 is 10.1 Å². The van der Waals surface area contributed by atoms with Crippen molar-refractivity contribution in [2.24, 2.45) is 5.92 Å². The fourth-order valence-corrected chi connectivity index (χ4v) is 2.97. The summed E-state index contributed by atoms with van der Waals surface area (Å²) in [5.41, 5.74) is 1.17. The van der Waals surface area contributed by atoms with Gasteiger partial charge in [-0.15, -0.1) is 0 Å². The molecule has 2 nitrogen and oxygen atoms in total. The number of hydrogen-bond donors (Lipinski definition) is 1. The highest BCUT2D eigenvalue weighted by atomic mass is 79.9. The highest BCUT2D eigenvalue weighted by Gasteiger charge is 2.12. The molecule has 0 saturated heterocycles. The Kier molecular flexibility index (Phi) is 4.72. The molecule has 0 heterocycles. The summed E-state index contributed by atoms with van der Waals surface area (Å²) in [5.74, 6) is 1.73. The van der Waals surface area contributed by atoms with Crippen LogP contribution in [0.4, 0.5) is 5.69 Å². The van der Waals surface area contributed by atoms with Crippen LogP contribution in [0.1, 0.15) is 32.1 Å². The van der Waals surface area contributed by atoms with Gasteiger partial charge in [-0.05, 0) is 52.9 Å². The third-order valence-electron chi connectivity index (χ3n) is 3.47. The lowest BCUT2D eigenvalue weighted by Crippen LogP contribution is -2.17. The lowest BCUT2D eigenvalue weighted by molar-refractivity contribution is 0.373. The molecule has 0 amide bonds. The van der Waals surface area contributed by atoms with Crippen molar-refractivity contribution in [2.45, 2.75) is 32.1 Å². The summed E-state index contributed by atoms with van der Waals surface area (Å²) in [6, 6.07) is 6.15. The van der Waals surface area contributed by atoms with E-state index < -0.39 is 0 Å². The molecule has 0 atom stereocenters. The van der Waals surface area contributed by atoms with E-state index in [4.69, 9.17) is 4.74 Å². The molecule has 94 valence electrons. The van der Waals surface area contributed by atoms with Crippen LogP contribution in [-0.4, -0.2) is 13.7 Å². The Hall–Kier alpha value is -0.700. The number of methoxy groups -OCH3 is 1. The summed E-state index contributed by atoms with van der Waals surface area (Å²) < 4.78 is 6.23. The zero-order valence-electron chi connectivity index (χ0n) is 10.3. The third-order valence-corrected chi connectivity index (χ3v) is 4.09. The average Bonchev–Trinajstić information content (AvgIpc) is 2.38. The summed E-state index contributed by atoms with van der Waals surface area (Å²) in [7, 11) is 1.69. The lowest BCUT2D eigenvalue weighted by atomic mass is 9.89. The molecule has 1 aliphatic carbocycles. The summed E-state index contributed by atoms with van der Waals surface area (Å²) in [6.45, 7) is 1.10. The molecule has 17 heavy (non-hydrogen) atoms. The van der Waals surface area contributed by atoms with Crippen molar-refractivity contribution in [3.05, 3.63) is 22.7 Å². The second-order valence-electron chi connectivity index (χ2n) is 4.73. The maximum Gasteiger partial charge on any atom is 0.133 e. The Labute approximate surface area is 112 Å². The molecule has 1 aromatic rings. The first-order valence-corrected chi connectivity index (χ1v) is 7.16. The van der Waals surface area contributed by atoms with Crippen LogP contribution in [0.25, 0.3) is 0 Å². The Bertz CT molecular complexity index is 361. The number of anilines is 1. The van der Waals surface area contributed by atoms with Crippen LogP contribution in [0.5, 0.6) is 5.75 Å². The first-order chi connectivity index (χ1) is 8.29. The van der Waals surface area contributed by atoms with Crippen molar-refractivity contribution in [1.29, 1.82) is 0 Å². The van der Waals surface area contributed by atoms with Crippen molar-refractivity contribution in [3.8, 4) is 5.75 Å². The van der Waals surface area contributed by atoms with Crippen molar-refractivity contribution in [2.75, 3.05) is 19.0 Å². The molecule has 1 fully saturated rings. The molecule has 1 saturated carbocycles. The molecule has 1 aliphatic rings. The summed E-state index contributed by atoms with van der Waals surface area (Å²) in [4.78, 5) is 0. The molecule has 0 spiro atoms. The van der Waals surface area contributed by atoms with Gasteiger partial charge in [0.05, 0.1) is 11.6 Å². The second-order valence-corrected chi connectivity index (χ2v) is 5.59. The second kappa shape index (κ2) is 6.29. The van der Waals surface area contributed by atoms with Crippen LogP contribution < -0.4 is 10.1 Å². The number of halogens is 1. The number of benzene rings is 1. The smallest absolute Gasteiger partial charge is 0.133 e. The lowest BCUT2D eigenvalue weighted by Gasteiger charge is -2.22. The minimum Gasteiger partial charge on any atom is -0.496 e. The van der Waals surface area contributed by atoms with Gasteiger partial charge >= 0.3 is 0 Å². The van der Waals surface area contributed by atoms with Crippen molar-refractivity contribution in [1.82, 2.24) is 0 Å². The highest BCUT2D eigenvalue weighted by Crippen LogP contribution is 2.29. The molecule has 1 aromatic carbocycles. The van der Waals surface area contributed by atoms with E-state index in [-0.39, 0.29) is 0 Å². The summed E-state index contributed by atoms with van der Waals surface area (Å²) in [5, 5.41) is 3.52. The van der Waals surface area contributed by atoms with Gasteiger partial charge in [0, 0.05) is 12.2 Å². The predicted molar refractivity (Wildman–Crippen MR) is 75.8 cm³/mol. The largest absolute Gasteiger partial charge is 0.496 e. The third kappa shape index (κ3) is 3.63. The topological polar surface area (TPSA) is 21.3 Å². The molecular weight excluding hydrogens is 278 g/mol. The maximum atomic E-state index is 5.22. The molecule has 3 heteroatoms. The van der Waals surface area contributed by atoms with Crippen LogP contribution in [0, 0.1) is 5.92 Å². The molecule has 1 N–H and O–H groups in total. The first-order valence-electron chi connectivity index (χ1n) is 6.37. The summed E-state index contributed by atoms with van der Waals surface area (Å²) in [6.07, 6.45) is 6.98. The van der Waals surface area contributed by atoms with Gasteiger partial charge in [-0.2, -0.15) is 0 Å². The Balaban J connectivity index is 1.87. The first kappa shape index (κ1) is 12.7. The molecule has 2 rings (SSSR count). The summed E-state index contributed by atoms with van der Waals surface area (Å²) >= 11 is 3.51. The highest BCUT2D eigenvalue weighted by molar-refractivity contribution is 9.10. The van der Waals surface area contributed by atoms with E-state index >= 15 is 0 Å². The zero-order valence-corrected chi connectivity index (χ0v) is 11.9. The Morgan fingerprint density at radius 1 is 1.29 bits per heavy atom. The average molecular weight is 298 g/mol. The van der Waals surface area contributed by atoms with E-state index in [1.165, 1.54) is 37.8 Å². The van der Waals surface area contributed by atoms with Gasteiger partial charge in [0.2, 0.25) is 0 Å². The van der Waals surface area contributed by atoms with Crippen LogP contribution in [0.15, 0.2) is 22.7 Å². The number of nitrogens with one attached hydrogen (secondary N) is 1. The van der Waals surface area contributed by atoms with Crippen LogP contribution in [0.2, 0.25) is 0 Å².